The fraction of sp³-hybridized carbons (Fsp3) is 0.542. The van der Waals surface area contributed by atoms with Gasteiger partial charge in [-0.05, 0) is 80.4 Å². The van der Waals surface area contributed by atoms with Crippen molar-refractivity contribution in [3.05, 3.63) is 59.4 Å². The number of nitrogens with zero attached hydrogens (tertiary/aromatic N) is 1. The lowest BCUT2D eigenvalue weighted by atomic mass is 9.77. The maximum absolute atomic E-state index is 12.7. The lowest BCUT2D eigenvalue weighted by Gasteiger charge is -2.28. The zero-order chi connectivity index (χ0) is 18.6. The van der Waals surface area contributed by atoms with Gasteiger partial charge in [-0.3, -0.25) is 0 Å². The molecular weight excluding hydrogens is 321 g/mol. The van der Waals surface area contributed by atoms with E-state index in [1.165, 1.54) is 81.1 Å². The van der Waals surface area contributed by atoms with Gasteiger partial charge in [0.15, 0.2) is 5.83 Å². The van der Waals surface area contributed by atoms with Gasteiger partial charge in [-0.1, -0.05) is 56.2 Å². The Morgan fingerprint density at radius 2 is 1.88 bits per heavy atom. The molecule has 0 radical (unpaired) electrons. The lowest BCUT2D eigenvalue weighted by Crippen LogP contribution is -2.13. The smallest absolute Gasteiger partial charge is 0.195 e. The van der Waals surface area contributed by atoms with E-state index in [2.05, 4.69) is 31.2 Å². The van der Waals surface area contributed by atoms with Crippen LogP contribution in [0.15, 0.2) is 48.3 Å². The van der Waals surface area contributed by atoms with Gasteiger partial charge in [-0.15, -0.1) is 0 Å². The van der Waals surface area contributed by atoms with Gasteiger partial charge >= 0.3 is 0 Å². The van der Waals surface area contributed by atoms with Crippen LogP contribution >= 0.6 is 0 Å². The number of benzene rings is 1. The zero-order valence-corrected chi connectivity index (χ0v) is 16.1. The largest absolute Gasteiger partial charge is 0.199 e. The van der Waals surface area contributed by atoms with Crippen LogP contribution in [0.4, 0.5) is 4.39 Å². The second-order valence-electron chi connectivity index (χ2n) is 7.55. The molecule has 0 saturated heterocycles. The fourth-order valence-electron chi connectivity index (χ4n) is 3.94. The molecule has 0 unspecified atom stereocenters. The molecule has 1 fully saturated rings. The summed E-state index contributed by atoms with van der Waals surface area (Å²) in [6.07, 6.45) is 17.3. The van der Waals surface area contributed by atoms with E-state index in [0.29, 0.717) is 0 Å². The number of halogens is 1. The summed E-state index contributed by atoms with van der Waals surface area (Å²) < 4.78 is 12.7. The predicted molar refractivity (Wildman–Crippen MR) is 108 cm³/mol. The van der Waals surface area contributed by atoms with E-state index >= 15 is 0 Å². The molecule has 0 amide bonds. The Morgan fingerprint density at radius 1 is 1.15 bits per heavy atom. The second-order valence-corrected chi connectivity index (χ2v) is 7.55. The fourth-order valence-corrected chi connectivity index (χ4v) is 3.94. The van der Waals surface area contributed by atoms with Crippen LogP contribution in [0, 0.1) is 17.2 Å². The molecule has 1 aliphatic carbocycles. The summed E-state index contributed by atoms with van der Waals surface area (Å²) in [5, 5.41) is 8.35. The molecule has 0 atom stereocenters. The van der Waals surface area contributed by atoms with Crippen molar-refractivity contribution < 1.29 is 4.39 Å². The Bertz CT molecular complexity index is 613. The summed E-state index contributed by atoms with van der Waals surface area (Å²) in [7, 11) is 0. The number of hydrogen-bond acceptors (Lipinski definition) is 1. The summed E-state index contributed by atoms with van der Waals surface area (Å²) in [6, 6.07) is 10.8. The van der Waals surface area contributed by atoms with Crippen LogP contribution in [0.3, 0.4) is 0 Å². The van der Waals surface area contributed by atoms with Crippen molar-refractivity contribution in [2.75, 3.05) is 0 Å². The molecule has 1 nitrogen and oxygen atoms in total. The van der Waals surface area contributed by atoms with Crippen molar-refractivity contribution in [3.8, 4) is 6.07 Å². The molecule has 0 aromatic heterocycles. The van der Waals surface area contributed by atoms with Gasteiger partial charge in [-0.25, -0.2) is 0 Å². The monoisotopic (exact) mass is 353 g/mol. The molecule has 0 N–H and O–H groups in total. The third-order valence-corrected chi connectivity index (χ3v) is 5.59. The van der Waals surface area contributed by atoms with Crippen molar-refractivity contribution in [1.82, 2.24) is 0 Å². The van der Waals surface area contributed by atoms with Gasteiger partial charge in [0.05, 0.1) is 0 Å². The average Bonchev–Trinajstić information content (AvgIpc) is 2.69. The minimum absolute atomic E-state index is 0.721. The summed E-state index contributed by atoms with van der Waals surface area (Å²) in [5.74, 6) is 0.784. The molecule has 2 heteroatoms. The van der Waals surface area contributed by atoms with E-state index in [4.69, 9.17) is 5.26 Å². The van der Waals surface area contributed by atoms with E-state index in [-0.39, 0.29) is 0 Å². The van der Waals surface area contributed by atoms with Crippen LogP contribution in [0.2, 0.25) is 0 Å². The van der Waals surface area contributed by atoms with E-state index in [0.717, 1.165) is 18.3 Å². The molecule has 2 rings (SSSR count). The Morgan fingerprint density at radius 3 is 2.54 bits per heavy atom. The molecule has 1 aromatic carbocycles. The van der Waals surface area contributed by atoms with E-state index in [1.807, 2.05) is 6.08 Å². The van der Waals surface area contributed by atoms with Crippen LogP contribution in [-0.4, -0.2) is 0 Å². The first kappa shape index (κ1) is 20.4. The Balaban J connectivity index is 1.70. The minimum Gasteiger partial charge on any atom is -0.195 e. The molecule has 0 spiro atoms. The van der Waals surface area contributed by atoms with E-state index < -0.39 is 5.83 Å². The van der Waals surface area contributed by atoms with E-state index in [9.17, 15) is 4.39 Å². The van der Waals surface area contributed by atoms with Gasteiger partial charge in [0.2, 0.25) is 0 Å². The second kappa shape index (κ2) is 11.7. The van der Waals surface area contributed by atoms with Crippen LogP contribution < -0.4 is 0 Å². The Hall–Kier alpha value is -1.88. The standard InChI is InChI=1S/C24H32FN/c1-2-3-5-8-20-11-15-22(16-12-20)23-17-13-21(14-18-23)9-6-4-7-10-24(25)19-26/h4,7,10-12,15-16,21,23H,2-3,5-6,8-9,13-14,17-18H2,1H3/b7-4+,24-10-. The van der Waals surface area contributed by atoms with Crippen LogP contribution in [-0.2, 0) is 6.42 Å². The van der Waals surface area contributed by atoms with Crippen molar-refractivity contribution in [3.63, 3.8) is 0 Å². The number of unbranched alkanes of at least 4 members (excludes halogenated alkanes) is 2. The zero-order valence-electron chi connectivity index (χ0n) is 16.1. The highest BCUT2D eigenvalue weighted by Gasteiger charge is 2.21. The van der Waals surface area contributed by atoms with Gasteiger partial charge in [0, 0.05) is 0 Å². The van der Waals surface area contributed by atoms with Crippen molar-refractivity contribution in [2.45, 2.75) is 77.0 Å². The van der Waals surface area contributed by atoms with Gasteiger partial charge in [0.25, 0.3) is 0 Å². The van der Waals surface area contributed by atoms with Gasteiger partial charge in [-0.2, -0.15) is 9.65 Å². The summed E-state index contributed by atoms with van der Waals surface area (Å²) in [5.41, 5.74) is 2.99. The van der Waals surface area contributed by atoms with Crippen LogP contribution in [0.1, 0.15) is 81.8 Å². The molecule has 26 heavy (non-hydrogen) atoms. The minimum atomic E-state index is -0.724. The SMILES string of the molecule is CCCCCc1ccc(C2CCC(CC/C=C/C=C(\F)C#N)CC2)cc1. The average molecular weight is 354 g/mol. The molecular formula is C24H32FN. The van der Waals surface area contributed by atoms with Crippen molar-refractivity contribution in [1.29, 1.82) is 5.26 Å². The number of nitriles is 1. The van der Waals surface area contributed by atoms with Gasteiger partial charge in [0.1, 0.15) is 6.07 Å². The molecule has 1 aromatic rings. The highest BCUT2D eigenvalue weighted by Crippen LogP contribution is 2.37. The maximum atomic E-state index is 12.7. The normalized spacial score (nSPS) is 21.0. The quantitative estimate of drug-likeness (QED) is 0.258. The van der Waals surface area contributed by atoms with Crippen LogP contribution in [0.5, 0.6) is 0 Å². The molecule has 0 heterocycles. The molecule has 1 saturated carbocycles. The predicted octanol–water partition coefficient (Wildman–Crippen LogP) is 7.41. The number of aryl methyl sites for hydroxylation is 1. The van der Waals surface area contributed by atoms with Crippen LogP contribution in [0.25, 0.3) is 0 Å². The number of allylic oxidation sites excluding steroid dienone is 4. The number of rotatable bonds is 9. The topological polar surface area (TPSA) is 23.8 Å². The first-order chi connectivity index (χ1) is 12.7. The Labute approximate surface area is 158 Å². The third kappa shape index (κ3) is 7.16. The third-order valence-electron chi connectivity index (χ3n) is 5.59. The lowest BCUT2D eigenvalue weighted by molar-refractivity contribution is 0.312. The highest BCUT2D eigenvalue weighted by atomic mass is 19.1. The summed E-state index contributed by atoms with van der Waals surface area (Å²) in [4.78, 5) is 0. The van der Waals surface area contributed by atoms with Crippen molar-refractivity contribution >= 4 is 0 Å². The first-order valence-corrected chi connectivity index (χ1v) is 10.2. The highest BCUT2D eigenvalue weighted by molar-refractivity contribution is 5.26. The summed E-state index contributed by atoms with van der Waals surface area (Å²) in [6.45, 7) is 2.25. The summed E-state index contributed by atoms with van der Waals surface area (Å²) >= 11 is 0. The maximum Gasteiger partial charge on any atom is 0.199 e. The van der Waals surface area contributed by atoms with Crippen molar-refractivity contribution in [2.24, 2.45) is 5.92 Å². The Kier molecular flexibility index (Phi) is 9.18. The molecule has 140 valence electrons. The number of hydrogen-bond donors (Lipinski definition) is 0. The van der Waals surface area contributed by atoms with Gasteiger partial charge < -0.3 is 0 Å². The first-order valence-electron chi connectivity index (χ1n) is 10.2. The molecule has 0 aliphatic heterocycles. The molecule has 1 aliphatic rings. The molecule has 0 bridgehead atoms. The van der Waals surface area contributed by atoms with E-state index in [1.54, 1.807) is 6.08 Å².